The molecule has 15 heavy (non-hydrogen) atoms. The molecule has 0 radical (unpaired) electrons. The molecule has 0 saturated heterocycles. The number of anilines is 1. The molecule has 0 unspecified atom stereocenters. The summed E-state index contributed by atoms with van der Waals surface area (Å²) >= 11 is 4.71. The summed E-state index contributed by atoms with van der Waals surface area (Å²) in [5.74, 6) is 0.703. The number of hydrogen-bond acceptors (Lipinski definition) is 1. The van der Waals surface area contributed by atoms with Crippen LogP contribution in [-0.4, -0.2) is 15.6 Å². The normalized spacial score (nSPS) is 8.80. The Hall–Kier alpha value is -1.37. The lowest BCUT2D eigenvalue weighted by molar-refractivity contribution is -0.326. The van der Waals surface area contributed by atoms with Gasteiger partial charge in [0.05, 0.1) is 0 Å². The summed E-state index contributed by atoms with van der Waals surface area (Å²) in [4.78, 5) is 6.19. The highest BCUT2D eigenvalue weighted by Crippen LogP contribution is 2.07. The number of halogens is 1. The van der Waals surface area contributed by atoms with Crippen molar-refractivity contribution in [3.8, 4) is 0 Å². The second kappa shape index (κ2) is 5.50. The lowest BCUT2D eigenvalue weighted by atomic mass is 10.3. The van der Waals surface area contributed by atoms with E-state index in [0.29, 0.717) is 5.95 Å². The van der Waals surface area contributed by atoms with Gasteiger partial charge < -0.3 is 23.6 Å². The number of nitrogens with two attached hydrogens (primary N) is 1. The largest absolute Gasteiger partial charge is 1.00 e. The van der Waals surface area contributed by atoms with Gasteiger partial charge in [0.15, 0.2) is 0 Å². The predicted octanol–water partition coefficient (Wildman–Crippen LogP) is -3.18. The third-order valence-electron chi connectivity index (χ3n) is 1.69. The highest BCUT2D eigenvalue weighted by Gasteiger charge is 2.07. The topological polar surface area (TPSA) is 99.5 Å². The number of thiocarbonyl (C=S) groups is 1. The zero-order valence-corrected chi connectivity index (χ0v) is 9.25. The number of para-hydroxylation sites is 2. The summed E-state index contributed by atoms with van der Waals surface area (Å²) in [5, 5.41) is 3.03. The molecule has 0 atom stereocenters. The quantitative estimate of drug-likeness (QED) is 0.463. The van der Waals surface area contributed by atoms with Crippen LogP contribution >= 0.6 is 12.2 Å². The van der Waals surface area contributed by atoms with E-state index >= 15 is 0 Å². The summed E-state index contributed by atoms with van der Waals surface area (Å²) in [6, 6.07) is 7.85. The van der Waals surface area contributed by atoms with E-state index in [2.05, 4.69) is 15.3 Å². The maximum atomic E-state index is 5.33. The molecule has 0 amide bonds. The van der Waals surface area contributed by atoms with E-state index in [1.54, 1.807) is 0 Å². The van der Waals surface area contributed by atoms with Crippen molar-refractivity contribution in [2.24, 2.45) is 5.73 Å². The van der Waals surface area contributed by atoms with Crippen LogP contribution in [0.3, 0.4) is 0 Å². The van der Waals surface area contributed by atoms with E-state index in [4.69, 9.17) is 18.0 Å². The lowest BCUT2D eigenvalue weighted by Gasteiger charge is -1.87. The fraction of sp³-hybridized carbons (Fsp3) is 0. The van der Waals surface area contributed by atoms with Crippen LogP contribution in [0.25, 0.3) is 11.0 Å². The second-order valence-electron chi connectivity index (χ2n) is 2.66. The van der Waals surface area contributed by atoms with Gasteiger partial charge in [-0.25, -0.2) is 15.3 Å². The number of H-pyrrole nitrogens is 2. The van der Waals surface area contributed by atoms with Crippen LogP contribution in [0.4, 0.5) is 5.95 Å². The lowest BCUT2D eigenvalue weighted by Crippen LogP contribution is -3.00. The van der Waals surface area contributed by atoms with Crippen molar-refractivity contribution in [3.63, 3.8) is 0 Å². The Labute approximate surface area is 97.8 Å². The number of rotatable bonds is 1. The standard InChI is InChI=1S/C8H8N4S.ClH.H2O/c9-7(13)12-8-10-5-3-1-2-4-6(5)11-8;;/h1-4H,(H4,9,10,11,12,13);1H;1H2. The van der Waals surface area contributed by atoms with Crippen molar-refractivity contribution in [3.05, 3.63) is 24.3 Å². The third kappa shape index (κ3) is 3.05. The Morgan fingerprint density at radius 2 is 2.07 bits per heavy atom. The van der Waals surface area contributed by atoms with Gasteiger partial charge >= 0.3 is 5.95 Å². The Morgan fingerprint density at radius 3 is 2.67 bits per heavy atom. The van der Waals surface area contributed by atoms with E-state index in [1.807, 2.05) is 24.3 Å². The molecule has 7 N–H and O–H groups in total. The highest BCUT2D eigenvalue weighted by molar-refractivity contribution is 7.80. The van der Waals surface area contributed by atoms with E-state index in [9.17, 15) is 0 Å². The average molecular weight is 247 g/mol. The number of aromatic amines is 2. The number of aromatic nitrogens is 2. The van der Waals surface area contributed by atoms with Gasteiger partial charge in [-0.2, -0.15) is 0 Å². The Kier molecular flexibility index (Phi) is 4.99. The minimum Gasteiger partial charge on any atom is -1.00 e. The van der Waals surface area contributed by atoms with Crippen LogP contribution < -0.4 is 28.4 Å². The molecule has 1 aromatic carbocycles. The van der Waals surface area contributed by atoms with Gasteiger partial charge in [-0.3, -0.25) is 0 Å². The predicted molar refractivity (Wildman–Crippen MR) is 58.9 cm³/mol. The van der Waals surface area contributed by atoms with Crippen LogP contribution in [-0.2, 0) is 0 Å². The molecular formula is C8H11ClN4OS. The second-order valence-corrected chi connectivity index (χ2v) is 3.10. The maximum absolute atomic E-state index is 5.33. The SMILES string of the molecule is NC(=S)Nc1[nH]c2ccccc2[nH+]1.O.[Cl-]. The van der Waals surface area contributed by atoms with E-state index in [1.165, 1.54) is 0 Å². The van der Waals surface area contributed by atoms with E-state index in [0.717, 1.165) is 11.0 Å². The first-order valence-electron chi connectivity index (χ1n) is 3.82. The molecule has 0 aliphatic carbocycles. The zero-order valence-electron chi connectivity index (χ0n) is 7.67. The summed E-state index contributed by atoms with van der Waals surface area (Å²) in [5.41, 5.74) is 7.36. The van der Waals surface area contributed by atoms with Crippen molar-refractivity contribution in [1.82, 2.24) is 4.98 Å². The summed E-state index contributed by atoms with van der Waals surface area (Å²) in [6.45, 7) is 0. The van der Waals surface area contributed by atoms with Crippen LogP contribution in [0.1, 0.15) is 0 Å². The van der Waals surface area contributed by atoms with Crippen LogP contribution in [0, 0.1) is 0 Å². The van der Waals surface area contributed by atoms with Crippen molar-refractivity contribution in [2.75, 3.05) is 5.32 Å². The number of benzene rings is 1. The van der Waals surface area contributed by atoms with Gasteiger partial charge in [-0.05, 0) is 24.4 Å². The molecule has 82 valence electrons. The van der Waals surface area contributed by atoms with Gasteiger partial charge in [0.25, 0.3) is 0 Å². The van der Waals surface area contributed by atoms with Gasteiger partial charge in [0.2, 0.25) is 5.11 Å². The molecule has 2 rings (SSSR count). The number of nitrogens with one attached hydrogen (secondary N) is 3. The van der Waals surface area contributed by atoms with Crippen molar-refractivity contribution < 1.29 is 22.9 Å². The zero-order chi connectivity index (χ0) is 9.26. The molecule has 5 nitrogen and oxygen atoms in total. The summed E-state index contributed by atoms with van der Waals surface area (Å²) in [6.07, 6.45) is 0. The minimum atomic E-state index is 0. The molecule has 2 aromatic rings. The Morgan fingerprint density at radius 1 is 1.40 bits per heavy atom. The minimum absolute atomic E-state index is 0. The van der Waals surface area contributed by atoms with Crippen LogP contribution in [0.2, 0.25) is 0 Å². The summed E-state index contributed by atoms with van der Waals surface area (Å²) in [7, 11) is 0. The molecule has 1 heterocycles. The molecule has 0 saturated carbocycles. The average Bonchev–Trinajstić information content (AvgIpc) is 2.44. The van der Waals surface area contributed by atoms with Gasteiger partial charge in [0, 0.05) is 0 Å². The van der Waals surface area contributed by atoms with Crippen molar-refractivity contribution >= 4 is 34.3 Å². The molecule has 0 fully saturated rings. The molecule has 1 aromatic heterocycles. The van der Waals surface area contributed by atoms with Gasteiger partial charge in [0.1, 0.15) is 11.0 Å². The van der Waals surface area contributed by atoms with Crippen molar-refractivity contribution in [2.45, 2.75) is 0 Å². The third-order valence-corrected chi connectivity index (χ3v) is 1.80. The molecule has 0 aliphatic heterocycles. The first-order chi connectivity index (χ1) is 6.25. The molecular weight excluding hydrogens is 236 g/mol. The Balaban J connectivity index is 0.000000980. The number of hydrogen-bond donors (Lipinski definition) is 3. The molecule has 0 bridgehead atoms. The molecule has 0 aliphatic rings. The van der Waals surface area contributed by atoms with Crippen LogP contribution in [0.5, 0.6) is 0 Å². The molecule has 7 heteroatoms. The Bertz CT molecular complexity index is 426. The maximum Gasteiger partial charge on any atom is 0.360 e. The summed E-state index contributed by atoms with van der Waals surface area (Å²) < 4.78 is 0. The number of fused-ring (bicyclic) bond motifs is 1. The van der Waals surface area contributed by atoms with Crippen molar-refractivity contribution in [1.29, 1.82) is 0 Å². The van der Waals surface area contributed by atoms with Gasteiger partial charge in [-0.15, -0.1) is 0 Å². The number of imidazole rings is 1. The van der Waals surface area contributed by atoms with Gasteiger partial charge in [-0.1, -0.05) is 12.1 Å². The highest BCUT2D eigenvalue weighted by atomic mass is 35.5. The van der Waals surface area contributed by atoms with Crippen LogP contribution in [0.15, 0.2) is 24.3 Å². The van der Waals surface area contributed by atoms with E-state index in [-0.39, 0.29) is 23.0 Å². The smallest absolute Gasteiger partial charge is 0.360 e. The van der Waals surface area contributed by atoms with E-state index < -0.39 is 0 Å². The monoisotopic (exact) mass is 246 g/mol. The fourth-order valence-corrected chi connectivity index (χ4v) is 1.29. The fourth-order valence-electron chi connectivity index (χ4n) is 1.19. The first kappa shape index (κ1) is 13.6. The first-order valence-corrected chi connectivity index (χ1v) is 4.23. The molecule has 0 spiro atoms.